The zero-order valence-electron chi connectivity index (χ0n) is 26.1. The highest BCUT2D eigenvalue weighted by Crippen LogP contribution is 2.32. The summed E-state index contributed by atoms with van der Waals surface area (Å²) in [5.74, 6) is -0.890. The second-order valence-corrected chi connectivity index (χ2v) is 12.8. The van der Waals surface area contributed by atoms with E-state index in [4.69, 9.17) is 0 Å². The molecule has 6 aromatic carbocycles. The monoisotopic (exact) mass is 645 g/mol. The van der Waals surface area contributed by atoms with Gasteiger partial charge in [0.1, 0.15) is 5.70 Å². The van der Waals surface area contributed by atoms with E-state index in [0.29, 0.717) is 11.3 Å². The molecule has 6 nitrogen and oxygen atoms in total. The fourth-order valence-corrected chi connectivity index (χ4v) is 6.88. The summed E-state index contributed by atoms with van der Waals surface area (Å²) in [6, 6.07) is 45.8. The Morgan fingerprint density at radius 2 is 1.27 bits per heavy atom. The number of benzene rings is 6. The van der Waals surface area contributed by atoms with Gasteiger partial charge in [-0.2, -0.15) is 0 Å². The van der Waals surface area contributed by atoms with Crippen molar-refractivity contribution in [1.29, 1.82) is 0 Å². The number of amides is 2. The first-order chi connectivity index (χ1) is 23.5. The Balaban J connectivity index is 1.15. The molecule has 0 aliphatic carbocycles. The molecule has 0 fully saturated rings. The Bertz CT molecular complexity index is 2300. The highest BCUT2D eigenvalue weighted by molar-refractivity contribution is 8.00. The van der Waals surface area contributed by atoms with Gasteiger partial charge in [0.15, 0.2) is 0 Å². The van der Waals surface area contributed by atoms with Crippen LogP contribution in [0.3, 0.4) is 0 Å². The normalized spacial score (nSPS) is 12.2. The summed E-state index contributed by atoms with van der Waals surface area (Å²) in [6.07, 6.45) is 1.70. The number of carbonyl (C=O) groups is 3. The molecular formula is C41H31N3O3S. The Hall–Kier alpha value is -5.92. The van der Waals surface area contributed by atoms with Crippen LogP contribution < -0.4 is 10.6 Å². The number of aromatic nitrogens is 1. The number of anilines is 1. The van der Waals surface area contributed by atoms with Gasteiger partial charge in [0.25, 0.3) is 11.8 Å². The molecular weight excluding hydrogens is 615 g/mol. The molecule has 0 saturated heterocycles. The molecule has 1 unspecified atom stereocenters. The largest absolute Gasteiger partial charge is 0.321 e. The molecule has 1 atom stereocenters. The summed E-state index contributed by atoms with van der Waals surface area (Å²) in [4.78, 5) is 41.7. The van der Waals surface area contributed by atoms with Crippen LogP contribution in [0.4, 0.5) is 5.69 Å². The third-order valence-electron chi connectivity index (χ3n) is 8.20. The first-order valence-electron chi connectivity index (χ1n) is 15.6. The SMILES string of the molecule is CC(Sc1cccc(NC(=O)/C(=C/c2cccc3ccccc23)NC(=O)c2ccccc2)c1)C(=O)n1c2ccccc2c2ccccc21. The maximum atomic E-state index is 13.9. The Morgan fingerprint density at radius 1 is 0.667 bits per heavy atom. The standard InChI is InChI=1S/C41H31N3O3S/c1-27(41(47)44-37-23-9-7-21-34(37)35-22-8-10-24-38(35)44)48-32-19-12-18-31(26-32)42-40(46)36(43-39(45)29-14-3-2-4-15-29)25-30-17-11-16-28-13-5-6-20-33(28)30/h2-27H,1H3,(H,42,46)(H,43,45)/b36-25-. The van der Waals surface area contributed by atoms with Gasteiger partial charge in [-0.1, -0.05) is 103 Å². The lowest BCUT2D eigenvalue weighted by atomic mass is 10.0. The highest BCUT2D eigenvalue weighted by Gasteiger charge is 2.22. The zero-order valence-corrected chi connectivity index (χ0v) is 26.9. The third kappa shape index (κ3) is 6.24. The molecule has 0 aliphatic heterocycles. The average molecular weight is 646 g/mol. The molecule has 2 N–H and O–H groups in total. The number of rotatable bonds is 8. The fourth-order valence-electron chi connectivity index (χ4n) is 5.92. The third-order valence-corrected chi connectivity index (χ3v) is 9.29. The van der Waals surface area contributed by atoms with Gasteiger partial charge in [-0.15, -0.1) is 11.8 Å². The van der Waals surface area contributed by atoms with Crippen LogP contribution in [0.15, 0.2) is 156 Å². The van der Waals surface area contributed by atoms with E-state index < -0.39 is 11.2 Å². The molecule has 1 aromatic heterocycles. The van der Waals surface area contributed by atoms with E-state index in [0.717, 1.165) is 43.0 Å². The van der Waals surface area contributed by atoms with E-state index in [1.165, 1.54) is 11.8 Å². The smallest absolute Gasteiger partial charge is 0.272 e. The lowest BCUT2D eigenvalue weighted by Gasteiger charge is -2.15. The molecule has 0 spiro atoms. The molecule has 1 heterocycles. The number of carbonyl (C=O) groups excluding carboxylic acids is 3. The van der Waals surface area contributed by atoms with Crippen molar-refractivity contribution in [3.63, 3.8) is 0 Å². The summed E-state index contributed by atoms with van der Waals surface area (Å²) in [5.41, 5.74) is 3.63. The van der Waals surface area contributed by atoms with Crippen LogP contribution in [0.1, 0.15) is 27.6 Å². The van der Waals surface area contributed by atoms with E-state index in [2.05, 4.69) is 10.6 Å². The van der Waals surface area contributed by atoms with Crippen LogP contribution >= 0.6 is 11.8 Å². The first-order valence-corrected chi connectivity index (χ1v) is 16.5. The van der Waals surface area contributed by atoms with Crippen molar-refractivity contribution >= 4 is 73.8 Å². The minimum atomic E-state index is -0.469. The summed E-state index contributed by atoms with van der Waals surface area (Å²) in [7, 11) is 0. The Kier molecular flexibility index (Phi) is 8.60. The quantitative estimate of drug-likeness (QED) is 0.128. The van der Waals surface area contributed by atoms with Crippen molar-refractivity contribution in [3.8, 4) is 0 Å². The fraction of sp³-hybridized carbons (Fsp3) is 0.0488. The maximum absolute atomic E-state index is 13.9. The van der Waals surface area contributed by atoms with Crippen molar-refractivity contribution in [3.05, 3.63) is 162 Å². The van der Waals surface area contributed by atoms with Crippen molar-refractivity contribution in [1.82, 2.24) is 9.88 Å². The van der Waals surface area contributed by atoms with Crippen LogP contribution in [-0.4, -0.2) is 27.5 Å². The van der Waals surface area contributed by atoms with Gasteiger partial charge < -0.3 is 10.6 Å². The van der Waals surface area contributed by atoms with Gasteiger partial charge in [0.05, 0.1) is 16.3 Å². The van der Waals surface area contributed by atoms with Crippen LogP contribution in [-0.2, 0) is 4.79 Å². The van der Waals surface area contributed by atoms with Gasteiger partial charge in [-0.05, 0) is 71.8 Å². The molecule has 7 rings (SSSR count). The van der Waals surface area contributed by atoms with E-state index >= 15 is 0 Å². The zero-order chi connectivity index (χ0) is 33.0. The minimum Gasteiger partial charge on any atom is -0.321 e. The van der Waals surface area contributed by atoms with Crippen molar-refractivity contribution < 1.29 is 14.4 Å². The predicted molar refractivity (Wildman–Crippen MR) is 196 cm³/mol. The Labute approximate surface area is 282 Å². The van der Waals surface area contributed by atoms with Crippen molar-refractivity contribution in [2.24, 2.45) is 0 Å². The van der Waals surface area contributed by atoms with Crippen molar-refractivity contribution in [2.45, 2.75) is 17.1 Å². The highest BCUT2D eigenvalue weighted by atomic mass is 32.2. The van der Waals surface area contributed by atoms with Crippen LogP contribution in [0, 0.1) is 0 Å². The summed E-state index contributed by atoms with van der Waals surface area (Å²) >= 11 is 1.42. The summed E-state index contributed by atoms with van der Waals surface area (Å²) in [6.45, 7) is 1.89. The molecule has 234 valence electrons. The predicted octanol–water partition coefficient (Wildman–Crippen LogP) is 9.18. The lowest BCUT2D eigenvalue weighted by Crippen LogP contribution is -2.30. The molecule has 0 aliphatic rings. The van der Waals surface area contributed by atoms with E-state index in [9.17, 15) is 14.4 Å². The van der Waals surface area contributed by atoms with Gasteiger partial charge in [-0.3, -0.25) is 19.0 Å². The second kappa shape index (κ2) is 13.4. The number of thioether (sulfide) groups is 1. The average Bonchev–Trinajstić information content (AvgIpc) is 3.46. The van der Waals surface area contributed by atoms with E-state index in [1.807, 2.05) is 122 Å². The van der Waals surface area contributed by atoms with Crippen LogP contribution in [0.2, 0.25) is 0 Å². The molecule has 7 heteroatoms. The van der Waals surface area contributed by atoms with Gasteiger partial charge >= 0.3 is 0 Å². The molecule has 0 bridgehead atoms. The van der Waals surface area contributed by atoms with Crippen molar-refractivity contribution in [2.75, 3.05) is 5.32 Å². The van der Waals surface area contributed by atoms with Crippen LogP contribution in [0.25, 0.3) is 38.7 Å². The minimum absolute atomic E-state index is 0.0317. The second-order valence-electron chi connectivity index (χ2n) is 11.4. The van der Waals surface area contributed by atoms with E-state index in [1.54, 1.807) is 41.0 Å². The topological polar surface area (TPSA) is 80.2 Å². The Morgan fingerprint density at radius 3 is 2.00 bits per heavy atom. The molecule has 0 saturated carbocycles. The summed E-state index contributed by atoms with van der Waals surface area (Å²) < 4.78 is 1.80. The number of nitrogens with one attached hydrogen (secondary N) is 2. The lowest BCUT2D eigenvalue weighted by molar-refractivity contribution is -0.113. The molecule has 7 aromatic rings. The first kappa shape index (κ1) is 30.7. The summed E-state index contributed by atoms with van der Waals surface area (Å²) in [5, 5.41) is 9.43. The number of nitrogens with zero attached hydrogens (tertiary/aromatic N) is 1. The van der Waals surface area contributed by atoms with Gasteiger partial charge in [0, 0.05) is 26.9 Å². The van der Waals surface area contributed by atoms with Crippen LogP contribution in [0.5, 0.6) is 0 Å². The van der Waals surface area contributed by atoms with Gasteiger partial charge in [0.2, 0.25) is 5.91 Å². The number of fused-ring (bicyclic) bond motifs is 4. The molecule has 0 radical (unpaired) electrons. The number of hydrogen-bond acceptors (Lipinski definition) is 4. The molecule has 48 heavy (non-hydrogen) atoms. The number of hydrogen-bond donors (Lipinski definition) is 2. The number of para-hydroxylation sites is 2. The van der Waals surface area contributed by atoms with Gasteiger partial charge in [-0.25, -0.2) is 0 Å². The molecule has 2 amide bonds. The van der Waals surface area contributed by atoms with E-state index in [-0.39, 0.29) is 17.5 Å². The maximum Gasteiger partial charge on any atom is 0.272 e.